The fourth-order valence-corrected chi connectivity index (χ4v) is 5.92. The van der Waals surface area contributed by atoms with E-state index in [1.807, 2.05) is 6.92 Å². The van der Waals surface area contributed by atoms with Crippen molar-refractivity contribution in [1.82, 2.24) is 0 Å². The molecule has 0 unspecified atom stereocenters. The van der Waals surface area contributed by atoms with Crippen LogP contribution in [0.2, 0.25) is 39.3 Å². The maximum Gasteiger partial charge on any atom is 0.329 e. The summed E-state index contributed by atoms with van der Waals surface area (Å²) in [5.41, 5.74) is 2.21. The Hall–Kier alpha value is -0.356. The number of hydrogen-bond acceptors (Lipinski definition) is 2. The van der Waals surface area contributed by atoms with Crippen LogP contribution in [0.4, 0.5) is 0 Å². The Morgan fingerprint density at radius 3 is 1.87 bits per heavy atom. The molecule has 0 amide bonds. The molecule has 0 bridgehead atoms. The molecule has 0 N–H and O–H groups in total. The summed E-state index contributed by atoms with van der Waals surface area (Å²) in [5, 5.41) is 0.962. The number of ether oxygens (including phenoxy) is 1. The van der Waals surface area contributed by atoms with E-state index in [4.69, 9.17) is 4.74 Å². The zero-order valence-electron chi connectivity index (χ0n) is 11.1. The van der Waals surface area contributed by atoms with Gasteiger partial charge in [0.05, 0.1) is 22.8 Å². The molecule has 0 rings (SSSR count). The molecule has 0 aliphatic rings. The topological polar surface area (TPSA) is 26.3 Å². The molecule has 0 fully saturated rings. The number of rotatable bonds is 4. The van der Waals surface area contributed by atoms with Crippen LogP contribution in [-0.4, -0.2) is 28.7 Å². The van der Waals surface area contributed by atoms with Gasteiger partial charge in [-0.05, 0) is 6.92 Å². The quantitative estimate of drug-likeness (QED) is 0.431. The van der Waals surface area contributed by atoms with E-state index in [0.29, 0.717) is 6.61 Å². The Labute approximate surface area is 95.7 Å². The first kappa shape index (κ1) is 14.6. The minimum atomic E-state index is -1.58. The van der Waals surface area contributed by atoms with Crippen molar-refractivity contribution in [3.05, 3.63) is 10.9 Å². The second-order valence-electron chi connectivity index (χ2n) is 5.89. The molecule has 0 spiro atoms. The summed E-state index contributed by atoms with van der Waals surface area (Å²) in [6.07, 6.45) is 0. The van der Waals surface area contributed by atoms with Gasteiger partial charge in [-0.2, -0.15) is 0 Å². The van der Waals surface area contributed by atoms with E-state index in [0.717, 1.165) is 5.20 Å². The molecule has 0 aliphatic heterocycles. The van der Waals surface area contributed by atoms with Crippen molar-refractivity contribution in [3.8, 4) is 0 Å². The molecule has 0 atom stereocenters. The lowest BCUT2D eigenvalue weighted by Gasteiger charge is -2.22. The summed E-state index contributed by atoms with van der Waals surface area (Å²) in [6.45, 7) is 15.6. The Kier molecular flexibility index (Phi) is 5.00. The average Bonchev–Trinajstić information content (AvgIpc) is 1.97. The van der Waals surface area contributed by atoms with Crippen molar-refractivity contribution in [1.29, 1.82) is 0 Å². The Morgan fingerprint density at radius 2 is 1.60 bits per heavy atom. The van der Waals surface area contributed by atoms with Crippen molar-refractivity contribution in [2.75, 3.05) is 6.61 Å². The summed E-state index contributed by atoms with van der Waals surface area (Å²) in [7, 11) is -2.93. The van der Waals surface area contributed by atoms with Crippen LogP contribution in [0.3, 0.4) is 0 Å². The first-order valence-corrected chi connectivity index (χ1v) is 12.6. The number of carbonyl (C=O) groups is 1. The first-order chi connectivity index (χ1) is 6.58. The van der Waals surface area contributed by atoms with E-state index in [2.05, 4.69) is 45.0 Å². The molecule has 0 radical (unpaired) electrons. The molecule has 88 valence electrons. The highest BCUT2D eigenvalue weighted by molar-refractivity contribution is 6.90. The number of esters is 1. The van der Waals surface area contributed by atoms with E-state index in [-0.39, 0.29) is 5.97 Å². The van der Waals surface area contributed by atoms with E-state index < -0.39 is 16.1 Å². The molecule has 0 saturated heterocycles. The minimum absolute atomic E-state index is 0.0981. The molecule has 15 heavy (non-hydrogen) atoms. The van der Waals surface area contributed by atoms with Crippen LogP contribution >= 0.6 is 0 Å². The third kappa shape index (κ3) is 5.94. The summed E-state index contributed by atoms with van der Waals surface area (Å²) >= 11 is 0. The van der Waals surface area contributed by atoms with Gasteiger partial charge in [-0.25, -0.2) is 4.79 Å². The summed E-state index contributed by atoms with van der Waals surface area (Å²) in [6, 6.07) is 0. The minimum Gasteiger partial charge on any atom is -0.463 e. The second kappa shape index (κ2) is 5.12. The molecule has 0 aromatic carbocycles. The molecule has 4 heteroatoms. The highest BCUT2D eigenvalue weighted by atomic mass is 28.3. The van der Waals surface area contributed by atoms with E-state index in [1.54, 1.807) is 0 Å². The lowest BCUT2D eigenvalue weighted by Crippen LogP contribution is -2.34. The number of hydrogen-bond donors (Lipinski definition) is 0. The van der Waals surface area contributed by atoms with Crippen molar-refractivity contribution in [2.45, 2.75) is 46.2 Å². The van der Waals surface area contributed by atoms with Crippen molar-refractivity contribution in [2.24, 2.45) is 0 Å². The first-order valence-electron chi connectivity index (χ1n) is 5.48. The fourth-order valence-electron chi connectivity index (χ4n) is 1.22. The normalized spacial score (nSPS) is 13.9. The van der Waals surface area contributed by atoms with Crippen molar-refractivity contribution in [3.63, 3.8) is 0 Å². The Morgan fingerprint density at radius 1 is 1.13 bits per heavy atom. The van der Waals surface area contributed by atoms with Gasteiger partial charge in [0.2, 0.25) is 0 Å². The fraction of sp³-hybridized carbons (Fsp3) is 0.727. The van der Waals surface area contributed by atoms with Crippen LogP contribution in [0.15, 0.2) is 10.9 Å². The highest BCUT2D eigenvalue weighted by Crippen LogP contribution is 2.19. The van der Waals surface area contributed by atoms with Gasteiger partial charge in [-0.3, -0.25) is 0 Å². The molecule has 0 aromatic rings. The zero-order chi connectivity index (χ0) is 12.3. The molecular weight excluding hydrogens is 220 g/mol. The Bertz CT molecular complexity index is 257. The van der Waals surface area contributed by atoms with Gasteiger partial charge < -0.3 is 4.74 Å². The van der Waals surface area contributed by atoms with Crippen molar-refractivity contribution >= 4 is 22.1 Å². The lowest BCUT2D eigenvalue weighted by atomic mass is 10.6. The standard InChI is InChI=1S/C11H24O2Si2/c1-8-13-11(12)10(15(5,6)7)9-14(2,3)4/h9H,8H2,1-7H3/b10-9-. The molecule has 2 nitrogen and oxygen atoms in total. The predicted molar refractivity (Wildman–Crippen MR) is 71.4 cm³/mol. The largest absolute Gasteiger partial charge is 0.463 e. The van der Waals surface area contributed by atoms with Gasteiger partial charge in [0.15, 0.2) is 0 Å². The molecule has 0 saturated carbocycles. The zero-order valence-corrected chi connectivity index (χ0v) is 13.1. The van der Waals surface area contributed by atoms with E-state index in [9.17, 15) is 4.79 Å². The van der Waals surface area contributed by atoms with Gasteiger partial charge in [0, 0.05) is 5.20 Å². The second-order valence-corrected chi connectivity index (χ2v) is 16.0. The predicted octanol–water partition coefficient (Wildman–Crippen LogP) is 3.23. The van der Waals surface area contributed by atoms with E-state index >= 15 is 0 Å². The number of carbonyl (C=O) groups excluding carboxylic acids is 1. The van der Waals surface area contributed by atoms with Crippen molar-refractivity contribution < 1.29 is 9.53 Å². The van der Waals surface area contributed by atoms with Gasteiger partial charge in [0.25, 0.3) is 0 Å². The van der Waals surface area contributed by atoms with E-state index in [1.165, 1.54) is 0 Å². The van der Waals surface area contributed by atoms with Gasteiger partial charge in [-0.15, -0.1) is 0 Å². The van der Waals surface area contributed by atoms with Crippen LogP contribution in [0.25, 0.3) is 0 Å². The smallest absolute Gasteiger partial charge is 0.329 e. The molecule has 0 aromatic heterocycles. The summed E-state index contributed by atoms with van der Waals surface area (Å²) < 4.78 is 5.13. The lowest BCUT2D eigenvalue weighted by molar-refractivity contribution is -0.137. The SMILES string of the molecule is CCOC(=O)/C(=C/[Si](C)(C)C)[Si](C)(C)C. The maximum atomic E-state index is 11.8. The van der Waals surface area contributed by atoms with Gasteiger partial charge in [-0.1, -0.05) is 45.0 Å². The molecule has 0 heterocycles. The maximum absolute atomic E-state index is 11.8. The Balaban J connectivity index is 5.09. The highest BCUT2D eigenvalue weighted by Gasteiger charge is 2.28. The third-order valence-electron chi connectivity index (χ3n) is 1.88. The summed E-state index contributed by atoms with van der Waals surface area (Å²) in [4.78, 5) is 11.8. The third-order valence-corrected chi connectivity index (χ3v) is 5.29. The van der Waals surface area contributed by atoms with Crippen LogP contribution in [-0.2, 0) is 9.53 Å². The van der Waals surface area contributed by atoms with Crippen LogP contribution in [0.5, 0.6) is 0 Å². The van der Waals surface area contributed by atoms with Crippen LogP contribution in [0.1, 0.15) is 6.92 Å². The van der Waals surface area contributed by atoms with Gasteiger partial charge >= 0.3 is 5.97 Å². The molecule has 0 aliphatic carbocycles. The summed E-state index contributed by atoms with van der Waals surface area (Å²) in [5.74, 6) is -0.0981. The van der Waals surface area contributed by atoms with Crippen LogP contribution in [0, 0.1) is 0 Å². The van der Waals surface area contributed by atoms with Gasteiger partial charge in [0.1, 0.15) is 0 Å². The monoisotopic (exact) mass is 244 g/mol. The molecular formula is C11H24O2Si2. The van der Waals surface area contributed by atoms with Crippen LogP contribution < -0.4 is 0 Å². The average molecular weight is 244 g/mol.